The number of ether oxygens (including phenoxy) is 1. The molecule has 1 aliphatic heterocycles. The lowest BCUT2D eigenvalue weighted by Crippen LogP contribution is -2.49. The van der Waals surface area contributed by atoms with Crippen LogP contribution in [-0.4, -0.2) is 55.1 Å². The van der Waals surface area contributed by atoms with Crippen molar-refractivity contribution in [3.05, 3.63) is 48.5 Å². The van der Waals surface area contributed by atoms with Crippen molar-refractivity contribution in [2.24, 2.45) is 7.05 Å². The van der Waals surface area contributed by atoms with Crippen molar-refractivity contribution in [2.75, 3.05) is 37.7 Å². The summed E-state index contributed by atoms with van der Waals surface area (Å²) in [5.74, 6) is 1.27. The topological polar surface area (TPSA) is 67.7 Å². The van der Waals surface area contributed by atoms with Crippen LogP contribution in [0.15, 0.2) is 53.4 Å². The summed E-state index contributed by atoms with van der Waals surface area (Å²) in [5.41, 5.74) is 2.01. The monoisotopic (exact) mass is 400 g/mol. The minimum absolute atomic E-state index is 0.230. The molecule has 0 spiro atoms. The molecule has 3 aromatic rings. The summed E-state index contributed by atoms with van der Waals surface area (Å²) in [4.78, 5) is 7.09. The van der Waals surface area contributed by atoms with Gasteiger partial charge in [0.15, 0.2) is 0 Å². The number of fused-ring (bicyclic) bond motifs is 1. The Balaban J connectivity index is 1.54. The summed E-state index contributed by atoms with van der Waals surface area (Å²) in [6.45, 7) is 4.27. The highest BCUT2D eigenvalue weighted by molar-refractivity contribution is 7.89. The predicted octanol–water partition coefficient (Wildman–Crippen LogP) is 2.48. The maximum Gasteiger partial charge on any atom is 0.246 e. The second-order valence-electron chi connectivity index (χ2n) is 6.73. The number of sulfonamides is 1. The standard InChI is InChI=1S/C20H24N4O3S/c1-3-27-18-10-6-7-11-19(18)28(25,26)24-14-12-23(13-15-24)20-21-16-8-4-5-9-17(16)22(20)2/h4-11H,3,12-15H2,1-2H3. The van der Waals surface area contributed by atoms with E-state index < -0.39 is 10.0 Å². The van der Waals surface area contributed by atoms with E-state index in [1.54, 1.807) is 24.3 Å². The summed E-state index contributed by atoms with van der Waals surface area (Å²) >= 11 is 0. The van der Waals surface area contributed by atoms with Crippen LogP contribution < -0.4 is 9.64 Å². The fourth-order valence-corrected chi connectivity index (χ4v) is 5.18. The number of aromatic nitrogens is 2. The average molecular weight is 401 g/mol. The van der Waals surface area contributed by atoms with Crippen LogP contribution in [0.4, 0.5) is 5.95 Å². The van der Waals surface area contributed by atoms with Crippen LogP contribution in [0, 0.1) is 0 Å². The summed E-state index contributed by atoms with van der Waals surface area (Å²) in [5, 5.41) is 0. The molecule has 1 aliphatic rings. The number of hydrogen-bond donors (Lipinski definition) is 0. The van der Waals surface area contributed by atoms with E-state index in [2.05, 4.69) is 9.47 Å². The Morgan fingerprint density at radius 3 is 2.39 bits per heavy atom. The number of rotatable bonds is 5. The molecule has 1 aromatic heterocycles. The molecule has 0 radical (unpaired) electrons. The van der Waals surface area contributed by atoms with E-state index in [1.165, 1.54) is 4.31 Å². The van der Waals surface area contributed by atoms with Gasteiger partial charge < -0.3 is 14.2 Å². The molecule has 0 aliphatic carbocycles. The maximum absolute atomic E-state index is 13.1. The van der Waals surface area contributed by atoms with E-state index in [0.29, 0.717) is 38.5 Å². The molecule has 1 fully saturated rings. The van der Waals surface area contributed by atoms with E-state index in [1.807, 2.05) is 38.2 Å². The van der Waals surface area contributed by atoms with Gasteiger partial charge in [-0.05, 0) is 31.2 Å². The molecule has 2 heterocycles. The highest BCUT2D eigenvalue weighted by Gasteiger charge is 2.31. The first-order valence-electron chi connectivity index (χ1n) is 9.40. The van der Waals surface area contributed by atoms with Crippen LogP contribution >= 0.6 is 0 Å². The number of nitrogens with zero attached hydrogens (tertiary/aromatic N) is 4. The average Bonchev–Trinajstić information content (AvgIpc) is 3.06. The van der Waals surface area contributed by atoms with Crippen LogP contribution in [0.25, 0.3) is 11.0 Å². The van der Waals surface area contributed by atoms with Gasteiger partial charge in [0.1, 0.15) is 10.6 Å². The molecule has 8 heteroatoms. The zero-order valence-corrected chi connectivity index (χ0v) is 16.9. The van der Waals surface area contributed by atoms with Gasteiger partial charge in [0, 0.05) is 33.2 Å². The first-order chi connectivity index (χ1) is 13.5. The number of aryl methyl sites for hydroxylation is 1. The van der Waals surface area contributed by atoms with Gasteiger partial charge in [0.25, 0.3) is 0 Å². The van der Waals surface area contributed by atoms with Gasteiger partial charge in [-0.1, -0.05) is 24.3 Å². The SMILES string of the molecule is CCOc1ccccc1S(=O)(=O)N1CCN(c2nc3ccccc3n2C)CC1. The predicted molar refractivity (Wildman–Crippen MR) is 109 cm³/mol. The van der Waals surface area contributed by atoms with E-state index in [0.717, 1.165) is 17.0 Å². The zero-order chi connectivity index (χ0) is 19.7. The van der Waals surface area contributed by atoms with Gasteiger partial charge >= 0.3 is 0 Å². The molecule has 148 valence electrons. The zero-order valence-electron chi connectivity index (χ0n) is 16.1. The Morgan fingerprint density at radius 2 is 1.68 bits per heavy atom. The Morgan fingerprint density at radius 1 is 1.00 bits per heavy atom. The van der Waals surface area contributed by atoms with Crippen LogP contribution in [0.5, 0.6) is 5.75 Å². The summed E-state index contributed by atoms with van der Waals surface area (Å²) < 4.78 is 35.4. The van der Waals surface area contributed by atoms with Crippen LogP contribution in [-0.2, 0) is 17.1 Å². The molecule has 0 unspecified atom stereocenters. The second-order valence-corrected chi connectivity index (χ2v) is 8.64. The third-order valence-corrected chi connectivity index (χ3v) is 6.99. The largest absolute Gasteiger partial charge is 0.492 e. The van der Waals surface area contributed by atoms with Gasteiger partial charge in [0.2, 0.25) is 16.0 Å². The van der Waals surface area contributed by atoms with Crippen molar-refractivity contribution >= 4 is 27.0 Å². The van der Waals surface area contributed by atoms with Gasteiger partial charge in [0.05, 0.1) is 17.6 Å². The Labute approximate surface area is 165 Å². The molecular weight excluding hydrogens is 376 g/mol. The minimum atomic E-state index is -3.60. The number of para-hydroxylation sites is 3. The van der Waals surface area contributed by atoms with Crippen molar-refractivity contribution in [1.82, 2.24) is 13.9 Å². The number of piperazine rings is 1. The van der Waals surface area contributed by atoms with Crippen LogP contribution in [0.1, 0.15) is 6.92 Å². The highest BCUT2D eigenvalue weighted by Crippen LogP contribution is 2.28. The van der Waals surface area contributed by atoms with Crippen LogP contribution in [0.2, 0.25) is 0 Å². The lowest BCUT2D eigenvalue weighted by atomic mass is 10.3. The van der Waals surface area contributed by atoms with E-state index in [-0.39, 0.29) is 4.90 Å². The molecule has 0 N–H and O–H groups in total. The van der Waals surface area contributed by atoms with E-state index >= 15 is 0 Å². The number of imidazole rings is 1. The second kappa shape index (κ2) is 7.44. The van der Waals surface area contributed by atoms with Gasteiger partial charge in [-0.25, -0.2) is 13.4 Å². The van der Waals surface area contributed by atoms with Gasteiger partial charge in [-0.3, -0.25) is 0 Å². The minimum Gasteiger partial charge on any atom is -0.492 e. The molecular formula is C20H24N4O3S. The molecule has 0 saturated carbocycles. The fourth-order valence-electron chi connectivity index (χ4n) is 3.62. The van der Waals surface area contributed by atoms with Gasteiger partial charge in [-0.2, -0.15) is 4.31 Å². The number of hydrogen-bond acceptors (Lipinski definition) is 5. The Hall–Kier alpha value is -2.58. The van der Waals surface area contributed by atoms with E-state index in [9.17, 15) is 8.42 Å². The van der Waals surface area contributed by atoms with Crippen molar-refractivity contribution in [3.63, 3.8) is 0 Å². The number of benzene rings is 2. The third kappa shape index (κ3) is 3.22. The normalized spacial score (nSPS) is 15.9. The molecule has 0 amide bonds. The smallest absolute Gasteiger partial charge is 0.246 e. The molecule has 0 atom stereocenters. The highest BCUT2D eigenvalue weighted by atomic mass is 32.2. The molecule has 7 nitrogen and oxygen atoms in total. The molecule has 2 aromatic carbocycles. The summed E-state index contributed by atoms with van der Waals surface area (Å²) in [6, 6.07) is 14.8. The van der Waals surface area contributed by atoms with Crippen LogP contribution in [0.3, 0.4) is 0 Å². The Kier molecular flexibility index (Phi) is 4.99. The first-order valence-corrected chi connectivity index (χ1v) is 10.8. The lowest BCUT2D eigenvalue weighted by Gasteiger charge is -2.34. The summed E-state index contributed by atoms with van der Waals surface area (Å²) in [6.07, 6.45) is 0. The van der Waals surface area contributed by atoms with E-state index in [4.69, 9.17) is 9.72 Å². The van der Waals surface area contributed by atoms with Crippen molar-refractivity contribution < 1.29 is 13.2 Å². The maximum atomic E-state index is 13.1. The molecule has 0 bridgehead atoms. The third-order valence-electron chi connectivity index (χ3n) is 5.05. The lowest BCUT2D eigenvalue weighted by molar-refractivity contribution is 0.327. The summed E-state index contributed by atoms with van der Waals surface area (Å²) in [7, 11) is -1.61. The number of anilines is 1. The Bertz CT molecular complexity index is 1090. The molecule has 1 saturated heterocycles. The molecule has 4 rings (SSSR count). The fraction of sp³-hybridized carbons (Fsp3) is 0.350. The van der Waals surface area contributed by atoms with Crippen molar-refractivity contribution in [2.45, 2.75) is 11.8 Å². The molecule has 28 heavy (non-hydrogen) atoms. The first kappa shape index (κ1) is 18.8. The quantitative estimate of drug-likeness (QED) is 0.658. The van der Waals surface area contributed by atoms with Crippen molar-refractivity contribution in [3.8, 4) is 5.75 Å². The van der Waals surface area contributed by atoms with Gasteiger partial charge in [-0.15, -0.1) is 0 Å². The van der Waals surface area contributed by atoms with Crippen molar-refractivity contribution in [1.29, 1.82) is 0 Å².